The van der Waals surface area contributed by atoms with Crippen molar-refractivity contribution < 1.29 is 14.0 Å². The smallest absolute Gasteiger partial charge is 0.268 e. The van der Waals surface area contributed by atoms with E-state index in [0.29, 0.717) is 5.69 Å². The molecule has 0 aliphatic carbocycles. The molecule has 0 spiro atoms. The lowest BCUT2D eigenvalue weighted by Gasteiger charge is -2.20. The van der Waals surface area contributed by atoms with Crippen LogP contribution in [0.15, 0.2) is 89.5 Å². The molecule has 0 radical (unpaired) electrons. The van der Waals surface area contributed by atoms with Crippen molar-refractivity contribution in [1.82, 2.24) is 14.6 Å². The number of nitrogens with one attached hydrogen (secondary N) is 1. The lowest BCUT2D eigenvalue weighted by molar-refractivity contribution is 0.0991. The fraction of sp³-hybridized carbons (Fsp3) is 0. The number of aromatic nitrogens is 2. The first-order valence-electron chi connectivity index (χ1n) is 9.39. The Labute approximate surface area is 196 Å². The van der Waals surface area contributed by atoms with Crippen LogP contribution in [0.4, 0.5) is 14.9 Å². The van der Waals surface area contributed by atoms with Crippen LogP contribution in [-0.4, -0.2) is 21.7 Å². The first-order chi connectivity index (χ1) is 15.5. The molecule has 1 heterocycles. The number of imide groups is 1. The molecule has 4 rings (SSSR count). The van der Waals surface area contributed by atoms with Crippen molar-refractivity contribution in [3.8, 4) is 16.9 Å². The molecular formula is C23H15BrClFN4O2. The predicted molar refractivity (Wildman–Crippen MR) is 124 cm³/mol. The first-order valence-corrected chi connectivity index (χ1v) is 10.6. The number of carbonyl (C=O) groups excluding carboxylic acids is 2. The molecule has 0 aliphatic heterocycles. The van der Waals surface area contributed by atoms with Gasteiger partial charge in [-0.05, 0) is 54.6 Å². The Bertz CT molecular complexity index is 1280. The summed E-state index contributed by atoms with van der Waals surface area (Å²) in [7, 11) is 0. The van der Waals surface area contributed by atoms with Crippen molar-refractivity contribution >= 4 is 45.3 Å². The van der Waals surface area contributed by atoms with E-state index in [4.69, 9.17) is 11.8 Å². The third kappa shape index (κ3) is 4.42. The number of benzene rings is 3. The quantitative estimate of drug-likeness (QED) is 0.343. The van der Waals surface area contributed by atoms with Crippen molar-refractivity contribution in [2.45, 2.75) is 0 Å². The highest BCUT2D eigenvalue weighted by atomic mass is 79.9. The Morgan fingerprint density at radius 2 is 1.66 bits per heavy atom. The molecular weight excluding hydrogens is 499 g/mol. The summed E-state index contributed by atoms with van der Waals surface area (Å²) in [5.41, 5.74) is 2.44. The maximum Gasteiger partial charge on any atom is 0.343 e. The topological polar surface area (TPSA) is 67.2 Å². The molecule has 0 aliphatic rings. The standard InChI is InChI=1S/C23H15BrClFN4O2/c24-16-7-5-15(6-8-16)21-13-14-29(28-21)17-9-11-18(12-10-17)30(23(32)27-25)22(31)19-3-1-2-4-20(19)26/h1-14H,(H,27,32). The van der Waals surface area contributed by atoms with Crippen molar-refractivity contribution in [3.63, 3.8) is 0 Å². The number of nitrogens with zero attached hydrogens (tertiary/aromatic N) is 3. The SMILES string of the molecule is O=C(NCl)N(C(=O)c1ccccc1F)c1ccc(-n2ccc(-c3ccc(Br)cc3)n2)cc1. The van der Waals surface area contributed by atoms with E-state index in [1.165, 1.54) is 18.2 Å². The van der Waals surface area contributed by atoms with Gasteiger partial charge in [-0.25, -0.2) is 23.6 Å². The number of urea groups is 1. The molecule has 160 valence electrons. The number of hydrogen-bond donors (Lipinski definition) is 1. The first kappa shape index (κ1) is 21.7. The number of hydrogen-bond acceptors (Lipinski definition) is 3. The molecule has 0 atom stereocenters. The lowest BCUT2D eigenvalue weighted by atomic mass is 10.1. The number of carbonyl (C=O) groups is 2. The van der Waals surface area contributed by atoms with Crippen LogP contribution in [-0.2, 0) is 0 Å². The highest BCUT2D eigenvalue weighted by Gasteiger charge is 2.26. The highest BCUT2D eigenvalue weighted by molar-refractivity contribution is 9.10. The minimum atomic E-state index is -0.899. The lowest BCUT2D eigenvalue weighted by Crippen LogP contribution is -2.41. The fourth-order valence-electron chi connectivity index (χ4n) is 3.12. The Morgan fingerprint density at radius 1 is 0.969 bits per heavy atom. The fourth-order valence-corrected chi connectivity index (χ4v) is 3.47. The van der Waals surface area contributed by atoms with E-state index in [2.05, 4.69) is 21.0 Å². The second kappa shape index (κ2) is 9.33. The molecule has 1 aromatic heterocycles. The minimum Gasteiger partial charge on any atom is -0.268 e. The third-order valence-electron chi connectivity index (χ3n) is 4.69. The Kier molecular flexibility index (Phi) is 6.34. The monoisotopic (exact) mass is 512 g/mol. The van der Waals surface area contributed by atoms with Crippen LogP contribution in [0.25, 0.3) is 16.9 Å². The molecule has 4 aromatic rings. The molecule has 1 N–H and O–H groups in total. The number of amides is 3. The van der Waals surface area contributed by atoms with E-state index in [-0.39, 0.29) is 11.3 Å². The van der Waals surface area contributed by atoms with Crippen LogP contribution in [0.2, 0.25) is 0 Å². The van der Waals surface area contributed by atoms with Gasteiger partial charge in [0, 0.05) is 28.0 Å². The Hall–Kier alpha value is -3.49. The Morgan fingerprint density at radius 3 is 2.31 bits per heavy atom. The summed E-state index contributed by atoms with van der Waals surface area (Å²) >= 11 is 8.87. The van der Waals surface area contributed by atoms with Gasteiger partial charge in [0.05, 0.1) is 22.6 Å². The molecule has 3 amide bonds. The van der Waals surface area contributed by atoms with Crippen LogP contribution < -0.4 is 9.74 Å². The molecule has 0 saturated heterocycles. The van der Waals surface area contributed by atoms with Gasteiger partial charge < -0.3 is 0 Å². The minimum absolute atomic E-state index is 0.223. The van der Waals surface area contributed by atoms with Crippen LogP contribution in [0.5, 0.6) is 0 Å². The van der Waals surface area contributed by atoms with E-state index < -0.39 is 17.8 Å². The van der Waals surface area contributed by atoms with Crippen molar-refractivity contribution in [2.75, 3.05) is 4.90 Å². The number of rotatable bonds is 4. The second-order valence-corrected chi connectivity index (χ2v) is 7.79. The summed E-state index contributed by atoms with van der Waals surface area (Å²) in [5.74, 6) is -1.58. The molecule has 32 heavy (non-hydrogen) atoms. The van der Waals surface area contributed by atoms with Gasteiger partial charge in [0.15, 0.2) is 0 Å². The van der Waals surface area contributed by atoms with E-state index >= 15 is 0 Å². The summed E-state index contributed by atoms with van der Waals surface area (Å²) in [6.07, 6.45) is 1.81. The third-order valence-corrected chi connectivity index (χ3v) is 5.38. The van der Waals surface area contributed by atoms with E-state index in [9.17, 15) is 14.0 Å². The van der Waals surface area contributed by atoms with Gasteiger partial charge in [0.1, 0.15) is 5.82 Å². The van der Waals surface area contributed by atoms with Crippen LogP contribution in [0, 0.1) is 5.82 Å². The van der Waals surface area contributed by atoms with Gasteiger partial charge in [-0.3, -0.25) is 4.79 Å². The van der Waals surface area contributed by atoms with Crippen LogP contribution in [0.3, 0.4) is 0 Å². The molecule has 0 saturated carbocycles. The highest BCUT2D eigenvalue weighted by Crippen LogP contribution is 2.24. The Balaban J connectivity index is 1.62. The molecule has 3 aromatic carbocycles. The predicted octanol–water partition coefficient (Wildman–Crippen LogP) is 5.95. The number of anilines is 1. The van der Waals surface area contributed by atoms with Crippen molar-refractivity contribution in [3.05, 3.63) is 101 Å². The summed E-state index contributed by atoms with van der Waals surface area (Å²) in [5, 5.41) is 4.57. The van der Waals surface area contributed by atoms with Crippen LogP contribution >= 0.6 is 27.7 Å². The summed E-state index contributed by atoms with van der Waals surface area (Å²) in [4.78, 5) is 27.8. The zero-order valence-corrected chi connectivity index (χ0v) is 18.7. The molecule has 9 heteroatoms. The van der Waals surface area contributed by atoms with Crippen LogP contribution in [0.1, 0.15) is 10.4 Å². The van der Waals surface area contributed by atoms with Crippen molar-refractivity contribution in [2.24, 2.45) is 0 Å². The average Bonchev–Trinajstić information content (AvgIpc) is 3.30. The van der Waals surface area contributed by atoms with Gasteiger partial charge in [0.25, 0.3) is 5.91 Å². The summed E-state index contributed by atoms with van der Waals surface area (Å²) in [6.45, 7) is 0. The van der Waals surface area contributed by atoms with Gasteiger partial charge in [0.2, 0.25) is 0 Å². The van der Waals surface area contributed by atoms with E-state index in [1.54, 1.807) is 35.1 Å². The maximum absolute atomic E-state index is 14.1. The largest absolute Gasteiger partial charge is 0.343 e. The van der Waals surface area contributed by atoms with Gasteiger partial charge in [-0.1, -0.05) is 40.2 Å². The van der Waals surface area contributed by atoms with Gasteiger partial charge >= 0.3 is 6.03 Å². The summed E-state index contributed by atoms with van der Waals surface area (Å²) < 4.78 is 16.8. The van der Waals surface area contributed by atoms with Gasteiger partial charge in [-0.2, -0.15) is 5.10 Å². The number of halogens is 3. The van der Waals surface area contributed by atoms with E-state index in [0.717, 1.165) is 26.7 Å². The summed E-state index contributed by atoms with van der Waals surface area (Å²) in [6, 6.07) is 20.7. The zero-order valence-electron chi connectivity index (χ0n) is 16.4. The molecule has 0 bridgehead atoms. The molecule has 0 fully saturated rings. The van der Waals surface area contributed by atoms with Gasteiger partial charge in [-0.15, -0.1) is 0 Å². The molecule has 6 nitrogen and oxygen atoms in total. The van der Waals surface area contributed by atoms with E-state index in [1.807, 2.05) is 35.2 Å². The maximum atomic E-state index is 14.1. The second-order valence-electron chi connectivity index (χ2n) is 6.69. The molecule has 0 unspecified atom stereocenters. The zero-order chi connectivity index (χ0) is 22.7. The average molecular weight is 514 g/mol. The van der Waals surface area contributed by atoms with Crippen molar-refractivity contribution in [1.29, 1.82) is 0 Å². The normalized spacial score (nSPS) is 10.6.